The highest BCUT2D eigenvalue weighted by Crippen LogP contribution is 2.33. The van der Waals surface area contributed by atoms with E-state index in [1.54, 1.807) is 0 Å². The third-order valence-corrected chi connectivity index (χ3v) is 4.56. The third kappa shape index (κ3) is 3.59. The quantitative estimate of drug-likeness (QED) is 0.897. The highest BCUT2D eigenvalue weighted by molar-refractivity contribution is 5.74. The Hall–Kier alpha value is -1.59. The maximum atomic E-state index is 12.0. The molecule has 0 unspecified atom stereocenters. The predicted molar refractivity (Wildman–Crippen MR) is 83.6 cm³/mol. The van der Waals surface area contributed by atoms with Crippen LogP contribution in [0.3, 0.4) is 0 Å². The van der Waals surface area contributed by atoms with Crippen LogP contribution in [0.25, 0.3) is 0 Å². The van der Waals surface area contributed by atoms with E-state index in [2.05, 4.69) is 22.8 Å². The van der Waals surface area contributed by atoms with Crippen molar-refractivity contribution in [1.29, 1.82) is 0 Å². The molecule has 0 aliphatic carbocycles. The van der Waals surface area contributed by atoms with Gasteiger partial charge in [0.2, 0.25) is 0 Å². The molecule has 2 aliphatic heterocycles. The van der Waals surface area contributed by atoms with Crippen LogP contribution in [-0.4, -0.2) is 37.9 Å². The van der Waals surface area contributed by atoms with Crippen LogP contribution >= 0.6 is 0 Å². The van der Waals surface area contributed by atoms with Crippen molar-refractivity contribution in [3.63, 3.8) is 0 Å². The third-order valence-electron chi connectivity index (χ3n) is 4.56. The first-order valence-electron chi connectivity index (χ1n) is 8.06. The Bertz CT molecular complexity index is 494. The molecule has 2 amide bonds. The van der Waals surface area contributed by atoms with Crippen LogP contribution in [-0.2, 0) is 9.47 Å². The van der Waals surface area contributed by atoms with E-state index in [1.165, 1.54) is 5.56 Å². The van der Waals surface area contributed by atoms with Crippen LogP contribution in [0.15, 0.2) is 30.3 Å². The number of amides is 2. The number of hydrogen-bond donors (Lipinski definition) is 2. The second kappa shape index (κ2) is 7.11. The Morgan fingerprint density at radius 3 is 2.68 bits per heavy atom. The molecule has 2 heterocycles. The van der Waals surface area contributed by atoms with Crippen LogP contribution in [0.4, 0.5) is 4.79 Å². The molecular formula is C17H24N2O3. The summed E-state index contributed by atoms with van der Waals surface area (Å²) in [5, 5.41) is 5.98. The van der Waals surface area contributed by atoms with Gasteiger partial charge in [-0.1, -0.05) is 30.3 Å². The molecule has 0 radical (unpaired) electrons. The lowest BCUT2D eigenvalue weighted by molar-refractivity contribution is 0.0907. The summed E-state index contributed by atoms with van der Waals surface area (Å²) >= 11 is 0. The number of carbonyl (C=O) groups excluding carboxylic acids is 1. The Balaban J connectivity index is 1.49. The molecule has 0 spiro atoms. The lowest BCUT2D eigenvalue weighted by Gasteiger charge is -2.21. The minimum Gasteiger partial charge on any atom is -0.376 e. The standard InChI is InChI=1S/C17H24N2O3/c1-12-15(8-10-21-12)19-17(20)18-11-14-7-9-22-16(14)13-5-3-2-4-6-13/h2-6,12,14-16H,7-11H2,1H3,(H2,18,19,20)/t12-,14-,15-,16-/m1/s1. The van der Waals surface area contributed by atoms with E-state index >= 15 is 0 Å². The maximum Gasteiger partial charge on any atom is 0.315 e. The van der Waals surface area contributed by atoms with Gasteiger partial charge in [-0.25, -0.2) is 4.79 Å². The molecule has 1 aromatic carbocycles. The van der Waals surface area contributed by atoms with Gasteiger partial charge in [-0.3, -0.25) is 0 Å². The Morgan fingerprint density at radius 2 is 1.95 bits per heavy atom. The van der Waals surface area contributed by atoms with E-state index in [9.17, 15) is 4.79 Å². The van der Waals surface area contributed by atoms with Gasteiger partial charge in [-0.05, 0) is 25.3 Å². The van der Waals surface area contributed by atoms with E-state index in [1.807, 2.05) is 25.1 Å². The Morgan fingerprint density at radius 1 is 1.18 bits per heavy atom. The number of nitrogens with one attached hydrogen (secondary N) is 2. The molecule has 4 atom stereocenters. The molecule has 3 rings (SSSR count). The molecule has 5 nitrogen and oxygen atoms in total. The number of carbonyl (C=O) groups is 1. The number of hydrogen-bond acceptors (Lipinski definition) is 3. The topological polar surface area (TPSA) is 59.6 Å². The van der Waals surface area contributed by atoms with Crippen LogP contribution in [0.1, 0.15) is 31.4 Å². The first kappa shape index (κ1) is 15.3. The summed E-state index contributed by atoms with van der Waals surface area (Å²) in [6.45, 7) is 4.10. The minimum absolute atomic E-state index is 0.0789. The number of rotatable bonds is 4. The van der Waals surface area contributed by atoms with Gasteiger partial charge in [0.25, 0.3) is 0 Å². The fourth-order valence-electron chi connectivity index (χ4n) is 3.22. The summed E-state index contributed by atoms with van der Waals surface area (Å²) in [6, 6.07) is 10.2. The van der Waals surface area contributed by atoms with E-state index in [0.717, 1.165) is 26.1 Å². The molecule has 2 aliphatic rings. The number of ether oxygens (including phenoxy) is 2. The average Bonchev–Trinajstić information content (AvgIpc) is 3.16. The van der Waals surface area contributed by atoms with Crippen molar-refractivity contribution in [3.8, 4) is 0 Å². The molecule has 0 aromatic heterocycles. The predicted octanol–water partition coefficient (Wildman–Crippen LogP) is 2.24. The van der Waals surface area contributed by atoms with E-state index < -0.39 is 0 Å². The fourth-order valence-corrected chi connectivity index (χ4v) is 3.22. The van der Waals surface area contributed by atoms with Gasteiger partial charge < -0.3 is 20.1 Å². The lowest BCUT2D eigenvalue weighted by Crippen LogP contribution is -2.46. The number of urea groups is 1. The van der Waals surface area contributed by atoms with Crippen molar-refractivity contribution in [2.24, 2.45) is 5.92 Å². The van der Waals surface area contributed by atoms with Gasteiger partial charge in [0.05, 0.1) is 18.2 Å². The van der Waals surface area contributed by atoms with Crippen LogP contribution in [0.2, 0.25) is 0 Å². The summed E-state index contributed by atoms with van der Waals surface area (Å²) < 4.78 is 11.3. The summed E-state index contributed by atoms with van der Waals surface area (Å²) in [5.41, 5.74) is 1.19. The molecule has 1 aromatic rings. The van der Waals surface area contributed by atoms with Gasteiger partial charge in [0.1, 0.15) is 0 Å². The first-order valence-corrected chi connectivity index (χ1v) is 8.06. The molecule has 22 heavy (non-hydrogen) atoms. The minimum atomic E-state index is -0.110. The monoisotopic (exact) mass is 304 g/mol. The largest absolute Gasteiger partial charge is 0.376 e. The molecule has 2 N–H and O–H groups in total. The normalized spacial score (nSPS) is 31.1. The first-order chi connectivity index (χ1) is 10.7. The zero-order valence-electron chi connectivity index (χ0n) is 13.0. The molecule has 2 saturated heterocycles. The van der Waals surface area contributed by atoms with Gasteiger partial charge in [0, 0.05) is 25.7 Å². The smallest absolute Gasteiger partial charge is 0.315 e. The van der Waals surface area contributed by atoms with Gasteiger partial charge in [0.15, 0.2) is 0 Å². The van der Waals surface area contributed by atoms with Gasteiger partial charge in [-0.2, -0.15) is 0 Å². The van der Waals surface area contributed by atoms with E-state index in [0.29, 0.717) is 12.5 Å². The summed E-state index contributed by atoms with van der Waals surface area (Å²) in [7, 11) is 0. The second-order valence-electron chi connectivity index (χ2n) is 6.08. The number of benzene rings is 1. The van der Waals surface area contributed by atoms with Crippen molar-refractivity contribution in [2.75, 3.05) is 19.8 Å². The average molecular weight is 304 g/mol. The van der Waals surface area contributed by atoms with Gasteiger partial charge >= 0.3 is 6.03 Å². The van der Waals surface area contributed by atoms with Crippen molar-refractivity contribution in [1.82, 2.24) is 10.6 Å². The van der Waals surface area contributed by atoms with Crippen LogP contribution in [0, 0.1) is 5.92 Å². The molecular weight excluding hydrogens is 280 g/mol. The molecule has 0 bridgehead atoms. The molecule has 2 fully saturated rings. The van der Waals surface area contributed by atoms with Crippen LogP contribution < -0.4 is 10.6 Å². The van der Waals surface area contributed by atoms with Crippen molar-refractivity contribution in [3.05, 3.63) is 35.9 Å². The highest BCUT2D eigenvalue weighted by Gasteiger charge is 2.30. The zero-order chi connectivity index (χ0) is 15.4. The summed E-state index contributed by atoms with van der Waals surface area (Å²) in [5.74, 6) is 0.324. The highest BCUT2D eigenvalue weighted by atomic mass is 16.5. The molecule has 120 valence electrons. The zero-order valence-corrected chi connectivity index (χ0v) is 13.0. The molecule has 0 saturated carbocycles. The Kier molecular flexibility index (Phi) is 4.95. The lowest BCUT2D eigenvalue weighted by atomic mass is 9.95. The second-order valence-corrected chi connectivity index (χ2v) is 6.08. The molecule has 5 heteroatoms. The van der Waals surface area contributed by atoms with E-state index in [4.69, 9.17) is 9.47 Å². The van der Waals surface area contributed by atoms with Gasteiger partial charge in [-0.15, -0.1) is 0 Å². The van der Waals surface area contributed by atoms with Crippen molar-refractivity contribution < 1.29 is 14.3 Å². The summed E-state index contributed by atoms with van der Waals surface area (Å²) in [4.78, 5) is 12.0. The van der Waals surface area contributed by atoms with Crippen molar-refractivity contribution in [2.45, 2.75) is 38.0 Å². The van der Waals surface area contributed by atoms with Crippen molar-refractivity contribution >= 4 is 6.03 Å². The fraction of sp³-hybridized carbons (Fsp3) is 0.588. The summed E-state index contributed by atoms with van der Waals surface area (Å²) in [6.07, 6.45) is 2.03. The Labute approximate surface area is 131 Å². The van der Waals surface area contributed by atoms with E-state index in [-0.39, 0.29) is 24.3 Å². The SMILES string of the molecule is C[C@H]1OCC[C@H]1NC(=O)NC[C@H]1CCO[C@@H]1c1ccccc1. The maximum absolute atomic E-state index is 12.0. The van der Waals surface area contributed by atoms with Crippen LogP contribution in [0.5, 0.6) is 0 Å².